The van der Waals surface area contributed by atoms with E-state index in [0.29, 0.717) is 11.5 Å². The van der Waals surface area contributed by atoms with Gasteiger partial charge in [0.1, 0.15) is 0 Å². The fourth-order valence-corrected chi connectivity index (χ4v) is 2.49. The summed E-state index contributed by atoms with van der Waals surface area (Å²) in [6.45, 7) is 15.0. The second-order valence-electron chi connectivity index (χ2n) is 6.83. The minimum atomic E-state index is 0.459. The molecule has 0 rings (SSSR count). The maximum Gasteiger partial charge on any atom is 0.0571 e. The molecular weight excluding hydrogens is 234 g/mol. The van der Waals surface area contributed by atoms with Crippen LogP contribution in [0.3, 0.4) is 0 Å². The van der Waals surface area contributed by atoms with Crippen LogP contribution < -0.4 is 0 Å². The highest BCUT2D eigenvalue weighted by Crippen LogP contribution is 2.23. The molecule has 0 heterocycles. The predicted molar refractivity (Wildman–Crippen MR) is 85.7 cm³/mol. The van der Waals surface area contributed by atoms with E-state index in [1.807, 2.05) is 7.11 Å². The van der Waals surface area contributed by atoms with Crippen molar-refractivity contribution in [3.05, 3.63) is 0 Å². The Morgan fingerprint density at radius 1 is 0.947 bits per heavy atom. The number of rotatable bonds is 11. The zero-order valence-corrected chi connectivity index (χ0v) is 14.3. The van der Waals surface area contributed by atoms with Crippen molar-refractivity contribution in [2.24, 2.45) is 5.41 Å². The molecule has 0 aromatic rings. The van der Waals surface area contributed by atoms with E-state index in [9.17, 15) is 0 Å². The number of nitrogens with zero attached hydrogens (tertiary/aromatic N) is 1. The molecule has 19 heavy (non-hydrogen) atoms. The highest BCUT2D eigenvalue weighted by molar-refractivity contribution is 4.65. The van der Waals surface area contributed by atoms with Gasteiger partial charge in [-0.2, -0.15) is 0 Å². The Hall–Kier alpha value is -0.0800. The van der Waals surface area contributed by atoms with Gasteiger partial charge in [-0.3, -0.25) is 0 Å². The van der Waals surface area contributed by atoms with E-state index in [2.05, 4.69) is 39.5 Å². The Kier molecular flexibility index (Phi) is 10.6. The summed E-state index contributed by atoms with van der Waals surface area (Å²) in [5.74, 6) is 0. The lowest BCUT2D eigenvalue weighted by Crippen LogP contribution is -2.24. The third-order valence-corrected chi connectivity index (χ3v) is 3.93. The van der Waals surface area contributed by atoms with Gasteiger partial charge in [0.2, 0.25) is 0 Å². The first-order valence-corrected chi connectivity index (χ1v) is 8.18. The maximum absolute atomic E-state index is 5.61. The zero-order valence-electron chi connectivity index (χ0n) is 14.3. The van der Waals surface area contributed by atoms with Crippen LogP contribution in [0.1, 0.15) is 73.1 Å². The molecule has 0 saturated carbocycles. The summed E-state index contributed by atoms with van der Waals surface area (Å²) in [5.41, 5.74) is 0.459. The van der Waals surface area contributed by atoms with Crippen LogP contribution in [-0.2, 0) is 4.74 Å². The molecular formula is C17H37NO. The molecule has 0 N–H and O–H groups in total. The number of unbranched alkanes of at least 4 members (excludes halogenated alkanes) is 1. The van der Waals surface area contributed by atoms with Crippen molar-refractivity contribution in [3.8, 4) is 0 Å². The van der Waals surface area contributed by atoms with Crippen LogP contribution in [-0.4, -0.2) is 37.7 Å². The smallest absolute Gasteiger partial charge is 0.0571 e. The lowest BCUT2D eigenvalue weighted by atomic mass is 9.89. The molecule has 2 nitrogen and oxygen atoms in total. The SMILES string of the molecule is CCN(CC)CCCC[C@H](CCCC(C)(C)C)OC. The van der Waals surface area contributed by atoms with E-state index in [0.717, 1.165) is 0 Å². The molecule has 2 heteroatoms. The van der Waals surface area contributed by atoms with E-state index in [1.54, 1.807) is 0 Å². The molecule has 0 radical (unpaired) electrons. The Morgan fingerprint density at radius 3 is 2.00 bits per heavy atom. The van der Waals surface area contributed by atoms with Crippen molar-refractivity contribution in [1.82, 2.24) is 4.90 Å². The van der Waals surface area contributed by atoms with Crippen LogP contribution in [0.25, 0.3) is 0 Å². The maximum atomic E-state index is 5.61. The Labute approximate surface area is 121 Å². The van der Waals surface area contributed by atoms with E-state index in [4.69, 9.17) is 4.74 Å². The molecule has 116 valence electrons. The van der Waals surface area contributed by atoms with Crippen LogP contribution >= 0.6 is 0 Å². The topological polar surface area (TPSA) is 12.5 Å². The van der Waals surface area contributed by atoms with Gasteiger partial charge >= 0.3 is 0 Å². The largest absolute Gasteiger partial charge is 0.381 e. The first-order chi connectivity index (χ1) is 8.92. The summed E-state index contributed by atoms with van der Waals surface area (Å²) >= 11 is 0. The summed E-state index contributed by atoms with van der Waals surface area (Å²) in [4.78, 5) is 2.50. The van der Waals surface area contributed by atoms with E-state index < -0.39 is 0 Å². The molecule has 0 spiro atoms. The van der Waals surface area contributed by atoms with Gasteiger partial charge in [-0.05, 0) is 57.2 Å². The zero-order chi connectivity index (χ0) is 14.7. The molecule has 0 aromatic carbocycles. The van der Waals surface area contributed by atoms with Crippen molar-refractivity contribution < 1.29 is 4.74 Å². The summed E-state index contributed by atoms with van der Waals surface area (Å²) < 4.78 is 5.61. The molecule has 0 amide bonds. The molecule has 1 atom stereocenters. The first-order valence-electron chi connectivity index (χ1n) is 8.18. The molecule has 0 fully saturated rings. The number of hydrogen-bond acceptors (Lipinski definition) is 2. The summed E-state index contributed by atoms with van der Waals surface area (Å²) in [6.07, 6.45) is 8.11. The second kappa shape index (κ2) is 10.7. The molecule has 0 bridgehead atoms. The fourth-order valence-electron chi connectivity index (χ4n) is 2.49. The van der Waals surface area contributed by atoms with Crippen LogP contribution in [0.5, 0.6) is 0 Å². The normalized spacial score (nSPS) is 14.1. The molecule has 0 aromatic heterocycles. The van der Waals surface area contributed by atoms with Gasteiger partial charge in [-0.25, -0.2) is 0 Å². The van der Waals surface area contributed by atoms with Crippen molar-refractivity contribution in [1.29, 1.82) is 0 Å². The predicted octanol–water partition coefficient (Wildman–Crippen LogP) is 4.73. The molecule has 0 saturated heterocycles. The van der Waals surface area contributed by atoms with Gasteiger partial charge < -0.3 is 9.64 Å². The average molecular weight is 271 g/mol. The summed E-state index contributed by atoms with van der Waals surface area (Å²) in [5, 5.41) is 0. The Morgan fingerprint density at radius 2 is 1.53 bits per heavy atom. The van der Waals surface area contributed by atoms with E-state index in [1.165, 1.54) is 58.2 Å². The molecule has 0 aliphatic heterocycles. The molecule has 0 aliphatic carbocycles. The number of methoxy groups -OCH3 is 1. The third-order valence-electron chi connectivity index (χ3n) is 3.93. The van der Waals surface area contributed by atoms with Gasteiger partial charge in [0.05, 0.1) is 6.10 Å². The van der Waals surface area contributed by atoms with Crippen molar-refractivity contribution in [3.63, 3.8) is 0 Å². The minimum absolute atomic E-state index is 0.459. The first kappa shape index (κ1) is 18.9. The quantitative estimate of drug-likeness (QED) is 0.504. The van der Waals surface area contributed by atoms with Crippen molar-refractivity contribution in [2.45, 2.75) is 79.2 Å². The van der Waals surface area contributed by atoms with Crippen LogP contribution in [0.2, 0.25) is 0 Å². The standard InChI is InChI=1S/C17H37NO/c1-7-18(8-2)15-10-9-12-16(19-6)13-11-14-17(3,4)5/h16H,7-15H2,1-6H3/t16-/m1/s1. The van der Waals surface area contributed by atoms with Gasteiger partial charge in [0, 0.05) is 7.11 Å². The second-order valence-corrected chi connectivity index (χ2v) is 6.83. The van der Waals surface area contributed by atoms with Crippen molar-refractivity contribution >= 4 is 0 Å². The Balaban J connectivity index is 3.65. The monoisotopic (exact) mass is 271 g/mol. The van der Waals surface area contributed by atoms with Gasteiger partial charge in [0.25, 0.3) is 0 Å². The number of ether oxygens (including phenoxy) is 1. The van der Waals surface area contributed by atoms with E-state index in [-0.39, 0.29) is 0 Å². The Bertz CT molecular complexity index is 194. The van der Waals surface area contributed by atoms with Gasteiger partial charge in [0.15, 0.2) is 0 Å². The van der Waals surface area contributed by atoms with E-state index >= 15 is 0 Å². The number of hydrogen-bond donors (Lipinski definition) is 0. The highest BCUT2D eigenvalue weighted by atomic mass is 16.5. The van der Waals surface area contributed by atoms with Gasteiger partial charge in [-0.15, -0.1) is 0 Å². The summed E-state index contributed by atoms with van der Waals surface area (Å²) in [6, 6.07) is 0. The van der Waals surface area contributed by atoms with Crippen LogP contribution in [0.4, 0.5) is 0 Å². The van der Waals surface area contributed by atoms with Gasteiger partial charge in [-0.1, -0.05) is 41.0 Å². The summed E-state index contributed by atoms with van der Waals surface area (Å²) in [7, 11) is 1.87. The molecule has 0 unspecified atom stereocenters. The third kappa shape index (κ3) is 11.4. The lowest BCUT2D eigenvalue weighted by Gasteiger charge is -2.21. The van der Waals surface area contributed by atoms with Crippen molar-refractivity contribution in [2.75, 3.05) is 26.7 Å². The highest BCUT2D eigenvalue weighted by Gasteiger charge is 2.12. The fraction of sp³-hybridized carbons (Fsp3) is 1.00. The minimum Gasteiger partial charge on any atom is -0.381 e. The lowest BCUT2D eigenvalue weighted by molar-refractivity contribution is 0.0802. The average Bonchev–Trinajstić information content (AvgIpc) is 2.35. The van der Waals surface area contributed by atoms with Crippen LogP contribution in [0.15, 0.2) is 0 Å². The van der Waals surface area contributed by atoms with Crippen LogP contribution in [0, 0.1) is 5.41 Å². The molecule has 0 aliphatic rings.